The maximum Gasteiger partial charge on any atom is 0.218 e. The maximum absolute atomic E-state index is 8.87. The average Bonchev–Trinajstić information content (AvgIpc) is 2.47. The van der Waals surface area contributed by atoms with Crippen LogP contribution in [0.25, 0.3) is 0 Å². The van der Waals surface area contributed by atoms with Crippen molar-refractivity contribution in [2.24, 2.45) is 0 Å². The lowest BCUT2D eigenvalue weighted by molar-refractivity contribution is 0.310. The number of hydrogen-bond acceptors (Lipinski definition) is 3. The summed E-state index contributed by atoms with van der Waals surface area (Å²) < 4.78 is 7.21. The van der Waals surface area contributed by atoms with E-state index >= 15 is 0 Å². The summed E-state index contributed by atoms with van der Waals surface area (Å²) in [5.41, 5.74) is 6.84. The molecule has 0 aromatic carbocycles. The zero-order valence-electron chi connectivity index (χ0n) is 8.58. The number of nitrogens with two attached hydrogens (primary N) is 1. The second-order valence-corrected chi connectivity index (χ2v) is 2.99. The van der Waals surface area contributed by atoms with Gasteiger partial charge in [-0.25, -0.2) is 0 Å². The highest BCUT2D eigenvalue weighted by molar-refractivity contribution is 5.55. The summed E-state index contributed by atoms with van der Waals surface area (Å²) in [6.07, 6.45) is 0.947. The first kappa shape index (κ1) is 10.5. The molecule has 4 nitrogen and oxygen atoms in total. The molecule has 0 fully saturated rings. The third-order valence-corrected chi connectivity index (χ3v) is 1.92. The topological polar surface area (TPSA) is 64.0 Å². The lowest BCUT2D eigenvalue weighted by atomic mass is 10.4. The number of nitriles is 1. The number of rotatable bonds is 4. The lowest BCUT2D eigenvalue weighted by Gasteiger charge is -2.09. The standard InChI is InChI=1S/C10H15N3O/c1-3-5-13-8(7-11)6-9(12)10(13)14-4-2/h6H,3-5,12H2,1-2H3. The molecule has 0 amide bonds. The molecular weight excluding hydrogens is 178 g/mol. The van der Waals surface area contributed by atoms with E-state index in [0.717, 1.165) is 13.0 Å². The normalized spacial score (nSPS) is 9.79. The minimum Gasteiger partial charge on any atom is -0.478 e. The van der Waals surface area contributed by atoms with E-state index in [4.69, 9.17) is 15.7 Å². The maximum atomic E-state index is 8.87. The Bertz CT molecular complexity index is 349. The first-order valence-corrected chi connectivity index (χ1v) is 4.76. The highest BCUT2D eigenvalue weighted by atomic mass is 16.5. The molecule has 0 aliphatic heterocycles. The van der Waals surface area contributed by atoms with Gasteiger partial charge in [0.1, 0.15) is 11.8 Å². The van der Waals surface area contributed by atoms with Gasteiger partial charge >= 0.3 is 0 Å². The summed E-state index contributed by atoms with van der Waals surface area (Å²) in [7, 11) is 0. The quantitative estimate of drug-likeness (QED) is 0.792. The summed E-state index contributed by atoms with van der Waals surface area (Å²) in [6.45, 7) is 5.26. The Hall–Kier alpha value is -1.63. The summed E-state index contributed by atoms with van der Waals surface area (Å²) >= 11 is 0. The first-order chi connectivity index (χ1) is 6.74. The van der Waals surface area contributed by atoms with Gasteiger partial charge in [0, 0.05) is 12.6 Å². The van der Waals surface area contributed by atoms with Crippen molar-refractivity contribution in [3.8, 4) is 11.9 Å². The Morgan fingerprint density at radius 2 is 2.29 bits per heavy atom. The van der Waals surface area contributed by atoms with Crippen LogP contribution in [0.5, 0.6) is 5.88 Å². The minimum absolute atomic E-state index is 0.539. The van der Waals surface area contributed by atoms with E-state index < -0.39 is 0 Å². The third-order valence-electron chi connectivity index (χ3n) is 1.92. The molecule has 14 heavy (non-hydrogen) atoms. The van der Waals surface area contributed by atoms with Crippen LogP contribution in [0.4, 0.5) is 5.69 Å². The zero-order valence-corrected chi connectivity index (χ0v) is 8.58. The molecule has 4 heteroatoms. The number of nitrogen functional groups attached to an aromatic ring is 1. The molecule has 2 N–H and O–H groups in total. The fourth-order valence-electron chi connectivity index (χ4n) is 1.39. The second kappa shape index (κ2) is 4.56. The van der Waals surface area contributed by atoms with E-state index in [-0.39, 0.29) is 0 Å². The lowest BCUT2D eigenvalue weighted by Crippen LogP contribution is -2.05. The van der Waals surface area contributed by atoms with Crippen molar-refractivity contribution in [1.82, 2.24) is 4.57 Å². The van der Waals surface area contributed by atoms with E-state index in [1.54, 1.807) is 6.07 Å². The van der Waals surface area contributed by atoms with Gasteiger partial charge in [-0.2, -0.15) is 5.26 Å². The molecule has 0 unspecified atom stereocenters. The van der Waals surface area contributed by atoms with Crippen molar-refractivity contribution in [1.29, 1.82) is 5.26 Å². The first-order valence-electron chi connectivity index (χ1n) is 4.76. The van der Waals surface area contributed by atoms with Crippen molar-refractivity contribution in [3.63, 3.8) is 0 Å². The van der Waals surface area contributed by atoms with Crippen molar-refractivity contribution in [3.05, 3.63) is 11.8 Å². The third kappa shape index (κ3) is 1.82. The molecule has 76 valence electrons. The highest BCUT2D eigenvalue weighted by Gasteiger charge is 2.12. The van der Waals surface area contributed by atoms with Crippen LogP contribution in [-0.4, -0.2) is 11.2 Å². The predicted octanol–water partition coefficient (Wildman–Crippen LogP) is 1.75. The number of nitrogens with zero attached hydrogens (tertiary/aromatic N) is 2. The van der Waals surface area contributed by atoms with Crippen molar-refractivity contribution >= 4 is 5.69 Å². The Labute approximate surface area is 83.9 Å². The number of aromatic nitrogens is 1. The molecular formula is C10H15N3O. The van der Waals surface area contributed by atoms with Crippen LogP contribution in [0, 0.1) is 11.3 Å². The van der Waals surface area contributed by atoms with Crippen LogP contribution >= 0.6 is 0 Å². The van der Waals surface area contributed by atoms with Crippen LogP contribution in [0.3, 0.4) is 0 Å². The molecule has 0 aliphatic rings. The Kier molecular flexibility index (Phi) is 3.41. The van der Waals surface area contributed by atoms with Crippen LogP contribution in [0.15, 0.2) is 6.07 Å². The summed E-state index contributed by atoms with van der Waals surface area (Å²) in [4.78, 5) is 0. The van der Waals surface area contributed by atoms with Gasteiger partial charge in [0.25, 0.3) is 0 Å². The Balaban J connectivity index is 3.11. The van der Waals surface area contributed by atoms with Gasteiger partial charge < -0.3 is 15.0 Å². The van der Waals surface area contributed by atoms with Gasteiger partial charge in [0.05, 0.1) is 12.3 Å². The SMILES string of the molecule is CCCn1c(C#N)cc(N)c1OCC. The molecule has 0 saturated heterocycles. The molecule has 0 spiro atoms. The molecule has 1 aromatic rings. The molecule has 0 bridgehead atoms. The van der Waals surface area contributed by atoms with Crippen molar-refractivity contribution < 1.29 is 4.74 Å². The van der Waals surface area contributed by atoms with Gasteiger partial charge in [-0.3, -0.25) is 0 Å². The van der Waals surface area contributed by atoms with Crippen LogP contribution in [-0.2, 0) is 6.54 Å². The largest absolute Gasteiger partial charge is 0.478 e. The van der Waals surface area contributed by atoms with E-state index in [9.17, 15) is 0 Å². The van der Waals surface area contributed by atoms with Gasteiger partial charge in [0.2, 0.25) is 5.88 Å². The number of ether oxygens (including phenoxy) is 1. The predicted molar refractivity (Wildman–Crippen MR) is 55.0 cm³/mol. The van der Waals surface area contributed by atoms with E-state index in [1.807, 2.05) is 18.4 Å². The van der Waals surface area contributed by atoms with Gasteiger partial charge in [-0.15, -0.1) is 0 Å². The van der Waals surface area contributed by atoms with E-state index in [1.165, 1.54) is 0 Å². The second-order valence-electron chi connectivity index (χ2n) is 2.99. The number of anilines is 1. The molecule has 0 aliphatic carbocycles. The number of hydrogen-bond donors (Lipinski definition) is 1. The smallest absolute Gasteiger partial charge is 0.218 e. The molecule has 0 atom stereocenters. The van der Waals surface area contributed by atoms with Crippen molar-refractivity contribution in [2.45, 2.75) is 26.8 Å². The Morgan fingerprint density at radius 3 is 2.79 bits per heavy atom. The highest BCUT2D eigenvalue weighted by Crippen LogP contribution is 2.26. The van der Waals surface area contributed by atoms with Crippen LogP contribution in [0.2, 0.25) is 0 Å². The summed E-state index contributed by atoms with van der Waals surface area (Å²) in [5, 5.41) is 8.87. The fraction of sp³-hybridized carbons (Fsp3) is 0.500. The van der Waals surface area contributed by atoms with Gasteiger partial charge in [0.15, 0.2) is 0 Å². The van der Waals surface area contributed by atoms with E-state index in [2.05, 4.69) is 6.07 Å². The van der Waals surface area contributed by atoms with Crippen LogP contribution < -0.4 is 10.5 Å². The molecule has 1 heterocycles. The fourth-order valence-corrected chi connectivity index (χ4v) is 1.39. The molecule has 1 rings (SSSR count). The van der Waals surface area contributed by atoms with Gasteiger partial charge in [-0.05, 0) is 13.3 Å². The zero-order chi connectivity index (χ0) is 10.6. The summed E-state index contributed by atoms with van der Waals surface area (Å²) in [6, 6.07) is 3.76. The molecule has 0 radical (unpaired) electrons. The van der Waals surface area contributed by atoms with Gasteiger partial charge in [-0.1, -0.05) is 6.92 Å². The molecule has 0 saturated carbocycles. The minimum atomic E-state index is 0.539. The van der Waals surface area contributed by atoms with Crippen molar-refractivity contribution in [2.75, 3.05) is 12.3 Å². The van der Waals surface area contributed by atoms with E-state index in [0.29, 0.717) is 23.9 Å². The van der Waals surface area contributed by atoms with Crippen LogP contribution in [0.1, 0.15) is 26.0 Å². The Morgan fingerprint density at radius 1 is 1.57 bits per heavy atom. The average molecular weight is 193 g/mol. The molecule has 1 aromatic heterocycles. The summed E-state index contributed by atoms with van der Waals surface area (Å²) in [5.74, 6) is 0.617. The monoisotopic (exact) mass is 193 g/mol.